The zero-order chi connectivity index (χ0) is 15.6. The van der Waals surface area contributed by atoms with Crippen molar-refractivity contribution < 1.29 is 9.59 Å². The lowest BCUT2D eigenvalue weighted by molar-refractivity contribution is -0.129. The van der Waals surface area contributed by atoms with E-state index in [0.29, 0.717) is 27.3 Å². The molecule has 0 saturated heterocycles. The molecule has 0 unspecified atom stereocenters. The van der Waals surface area contributed by atoms with Gasteiger partial charge < -0.3 is 15.5 Å². The lowest BCUT2D eigenvalue weighted by atomic mass is 10.2. The molecule has 0 atom stereocenters. The van der Waals surface area contributed by atoms with Gasteiger partial charge in [-0.2, -0.15) is 5.10 Å². The third-order valence-electron chi connectivity index (χ3n) is 3.11. The van der Waals surface area contributed by atoms with E-state index < -0.39 is 0 Å². The van der Waals surface area contributed by atoms with Crippen LogP contribution in [0.5, 0.6) is 0 Å². The number of carbonyl (C=O) groups excluding carboxylic acids is 2. The first-order valence-corrected chi connectivity index (χ1v) is 7.26. The summed E-state index contributed by atoms with van der Waals surface area (Å²) >= 11 is 1.20. The van der Waals surface area contributed by atoms with Crippen LogP contribution >= 0.6 is 11.3 Å². The Morgan fingerprint density at radius 2 is 2.10 bits per heavy atom. The molecule has 7 nitrogen and oxygen atoms in total. The van der Waals surface area contributed by atoms with Crippen LogP contribution in [-0.4, -0.2) is 59.0 Å². The molecule has 112 valence electrons. The lowest BCUT2D eigenvalue weighted by Gasteiger charge is -2.21. The smallest absolute Gasteiger partial charge is 0.266 e. The van der Waals surface area contributed by atoms with Gasteiger partial charge in [-0.05, 0) is 13.0 Å². The number of amides is 2. The van der Waals surface area contributed by atoms with E-state index in [2.05, 4.69) is 10.2 Å². The zero-order valence-electron chi connectivity index (χ0n) is 12.2. The fourth-order valence-electron chi connectivity index (χ4n) is 1.81. The molecule has 2 aromatic heterocycles. The predicted molar refractivity (Wildman–Crippen MR) is 82.1 cm³/mol. The largest absolute Gasteiger partial charge is 0.397 e. The molecule has 2 N–H and O–H groups in total. The van der Waals surface area contributed by atoms with Gasteiger partial charge in [-0.1, -0.05) is 0 Å². The van der Waals surface area contributed by atoms with Crippen LogP contribution in [-0.2, 0) is 4.79 Å². The van der Waals surface area contributed by atoms with E-state index in [1.807, 2.05) is 6.92 Å². The highest BCUT2D eigenvalue weighted by molar-refractivity contribution is 7.21. The monoisotopic (exact) mass is 307 g/mol. The zero-order valence-corrected chi connectivity index (χ0v) is 13.0. The molecule has 0 spiro atoms. The van der Waals surface area contributed by atoms with Gasteiger partial charge in [0.05, 0.1) is 11.9 Å². The maximum absolute atomic E-state index is 12.6. The Morgan fingerprint density at radius 3 is 2.67 bits per heavy atom. The molecular formula is C13H17N5O2S. The summed E-state index contributed by atoms with van der Waals surface area (Å²) in [7, 11) is 3.31. The number of likely N-dealkylation sites (N-methyl/N-ethyl adjacent to an activating group) is 2. The van der Waals surface area contributed by atoms with Gasteiger partial charge in [-0.3, -0.25) is 9.59 Å². The van der Waals surface area contributed by atoms with Gasteiger partial charge in [0.25, 0.3) is 5.91 Å². The van der Waals surface area contributed by atoms with E-state index in [9.17, 15) is 9.59 Å². The van der Waals surface area contributed by atoms with Crippen molar-refractivity contribution in [2.24, 2.45) is 0 Å². The Hall–Kier alpha value is -2.22. The molecule has 0 bridgehead atoms. The Labute approximate surface area is 126 Å². The highest BCUT2D eigenvalue weighted by Crippen LogP contribution is 2.32. The molecule has 2 rings (SSSR count). The van der Waals surface area contributed by atoms with Crippen molar-refractivity contribution in [1.29, 1.82) is 0 Å². The van der Waals surface area contributed by atoms with Crippen molar-refractivity contribution in [2.75, 3.05) is 32.9 Å². The van der Waals surface area contributed by atoms with Crippen LogP contribution in [0.25, 0.3) is 10.2 Å². The summed E-state index contributed by atoms with van der Waals surface area (Å²) < 4.78 is 0. The normalized spacial score (nSPS) is 10.6. The summed E-state index contributed by atoms with van der Waals surface area (Å²) in [6.45, 7) is 2.28. The molecule has 8 heteroatoms. The van der Waals surface area contributed by atoms with Crippen LogP contribution in [0.3, 0.4) is 0 Å². The van der Waals surface area contributed by atoms with Gasteiger partial charge >= 0.3 is 0 Å². The van der Waals surface area contributed by atoms with Crippen molar-refractivity contribution >= 4 is 39.1 Å². The Bertz CT molecular complexity index is 682. The first-order chi connectivity index (χ1) is 9.95. The molecule has 0 radical (unpaired) electrons. The molecule has 2 aromatic rings. The standard InChI is InChI=1S/C13H17N5O2S/c1-4-18(7-9(19)17(2)3)13(20)11-10(14)8-5-6-15-16-12(8)21-11/h5-6H,4,7,14H2,1-3H3. The number of thiophene rings is 1. The number of hydrogen-bond donors (Lipinski definition) is 1. The van der Waals surface area contributed by atoms with E-state index in [1.54, 1.807) is 20.2 Å². The van der Waals surface area contributed by atoms with Gasteiger partial charge in [0.15, 0.2) is 0 Å². The summed E-state index contributed by atoms with van der Waals surface area (Å²) in [5.41, 5.74) is 6.42. The first kappa shape index (κ1) is 15.2. The average molecular weight is 307 g/mol. The van der Waals surface area contributed by atoms with Crippen molar-refractivity contribution in [3.8, 4) is 0 Å². The minimum absolute atomic E-state index is 0.0295. The SMILES string of the molecule is CCN(CC(=O)N(C)C)C(=O)c1sc2nnccc2c1N. The van der Waals surface area contributed by atoms with E-state index in [-0.39, 0.29) is 18.4 Å². The van der Waals surface area contributed by atoms with Gasteiger partial charge in [-0.25, -0.2) is 0 Å². The Kier molecular flexibility index (Phi) is 4.37. The van der Waals surface area contributed by atoms with Crippen molar-refractivity contribution in [3.05, 3.63) is 17.1 Å². The van der Waals surface area contributed by atoms with Crippen LogP contribution in [0.1, 0.15) is 16.6 Å². The summed E-state index contributed by atoms with van der Waals surface area (Å²) in [4.78, 5) is 28.3. The second-order valence-corrected chi connectivity index (χ2v) is 5.70. The number of nitrogens with zero attached hydrogens (tertiary/aromatic N) is 4. The van der Waals surface area contributed by atoms with E-state index in [0.717, 1.165) is 0 Å². The summed E-state index contributed by atoms with van der Waals surface area (Å²) in [6.07, 6.45) is 1.53. The van der Waals surface area contributed by atoms with E-state index in [1.165, 1.54) is 27.3 Å². The minimum Gasteiger partial charge on any atom is -0.397 e. The van der Waals surface area contributed by atoms with E-state index in [4.69, 9.17) is 5.73 Å². The molecule has 0 aliphatic carbocycles. The molecule has 0 aliphatic rings. The highest BCUT2D eigenvalue weighted by atomic mass is 32.1. The van der Waals surface area contributed by atoms with E-state index >= 15 is 0 Å². The second kappa shape index (κ2) is 6.04. The van der Waals surface area contributed by atoms with Gasteiger partial charge in [-0.15, -0.1) is 16.4 Å². The predicted octanol–water partition coefficient (Wildman–Crippen LogP) is 0.824. The number of nitrogens with two attached hydrogens (primary N) is 1. The lowest BCUT2D eigenvalue weighted by Crippen LogP contribution is -2.40. The number of carbonyl (C=O) groups is 2. The van der Waals surface area contributed by atoms with Crippen LogP contribution < -0.4 is 5.73 Å². The number of nitrogen functional groups attached to an aromatic ring is 1. The average Bonchev–Trinajstić information content (AvgIpc) is 2.81. The molecular weight excluding hydrogens is 290 g/mol. The maximum atomic E-state index is 12.6. The number of rotatable bonds is 4. The summed E-state index contributed by atoms with van der Waals surface area (Å²) in [6, 6.07) is 1.73. The van der Waals surface area contributed by atoms with Crippen LogP contribution in [0.4, 0.5) is 5.69 Å². The number of aromatic nitrogens is 2. The molecule has 2 heterocycles. The van der Waals surface area contributed by atoms with Gasteiger partial charge in [0.2, 0.25) is 5.91 Å². The third-order valence-corrected chi connectivity index (χ3v) is 4.20. The van der Waals surface area contributed by atoms with Crippen molar-refractivity contribution in [2.45, 2.75) is 6.92 Å². The summed E-state index contributed by atoms with van der Waals surface area (Å²) in [5, 5.41) is 8.46. The van der Waals surface area contributed by atoms with Crippen molar-refractivity contribution in [3.63, 3.8) is 0 Å². The second-order valence-electron chi connectivity index (χ2n) is 4.70. The maximum Gasteiger partial charge on any atom is 0.266 e. The molecule has 0 saturated carbocycles. The molecule has 0 aliphatic heterocycles. The topological polar surface area (TPSA) is 92.4 Å². The highest BCUT2D eigenvalue weighted by Gasteiger charge is 2.23. The molecule has 2 amide bonds. The fourth-order valence-corrected chi connectivity index (χ4v) is 2.81. The van der Waals surface area contributed by atoms with Gasteiger partial charge in [0, 0.05) is 26.0 Å². The number of hydrogen-bond acceptors (Lipinski definition) is 6. The number of anilines is 1. The first-order valence-electron chi connectivity index (χ1n) is 6.44. The molecule has 0 fully saturated rings. The number of fused-ring (bicyclic) bond motifs is 1. The fraction of sp³-hybridized carbons (Fsp3) is 0.385. The van der Waals surface area contributed by atoms with Crippen LogP contribution in [0, 0.1) is 0 Å². The van der Waals surface area contributed by atoms with Gasteiger partial charge in [0.1, 0.15) is 16.3 Å². The molecule has 21 heavy (non-hydrogen) atoms. The summed E-state index contributed by atoms with van der Waals surface area (Å²) in [5.74, 6) is -0.391. The van der Waals surface area contributed by atoms with Crippen molar-refractivity contribution in [1.82, 2.24) is 20.0 Å². The quantitative estimate of drug-likeness (QED) is 0.903. The minimum atomic E-state index is -0.256. The Balaban J connectivity index is 2.31. The van der Waals surface area contributed by atoms with Crippen LogP contribution in [0.15, 0.2) is 12.3 Å². The molecule has 0 aromatic carbocycles. The van der Waals surface area contributed by atoms with Crippen LogP contribution in [0.2, 0.25) is 0 Å². The third kappa shape index (κ3) is 2.94. The Morgan fingerprint density at radius 1 is 1.38 bits per heavy atom.